The molecule has 1 fully saturated rings. The third-order valence-electron chi connectivity index (χ3n) is 4.26. The minimum atomic E-state index is -3.47. The maximum absolute atomic E-state index is 12.3. The van der Waals surface area contributed by atoms with E-state index in [9.17, 15) is 18.3 Å². The summed E-state index contributed by atoms with van der Waals surface area (Å²) >= 11 is 0. The van der Waals surface area contributed by atoms with Crippen molar-refractivity contribution < 1.29 is 23.1 Å². The van der Waals surface area contributed by atoms with Crippen molar-refractivity contribution in [2.24, 2.45) is 5.41 Å². The van der Waals surface area contributed by atoms with Gasteiger partial charge in [0.2, 0.25) is 0 Å². The maximum Gasteiger partial charge on any atom is 0.314 e. The van der Waals surface area contributed by atoms with Gasteiger partial charge in [0.25, 0.3) is 0 Å². The van der Waals surface area contributed by atoms with Crippen molar-refractivity contribution >= 4 is 15.8 Å². The van der Waals surface area contributed by atoms with Gasteiger partial charge in [0.05, 0.1) is 11.9 Å². The number of aliphatic carboxylic acids is 1. The van der Waals surface area contributed by atoms with Gasteiger partial charge in [0.1, 0.15) is 5.41 Å². The monoisotopic (exact) mass is 312 g/mol. The predicted octanol–water partition coefficient (Wildman–Crippen LogP) is 1.61. The molecule has 3 atom stereocenters. The third kappa shape index (κ3) is 2.46. The normalized spacial score (nSPS) is 28.3. The SMILES string of the molecule is CCS(=O)(=O)[C@H]1[C@H](c2ccc(C)cc2)[C@@]1(COC)C(=O)O. The Morgan fingerprint density at radius 1 is 1.33 bits per heavy atom. The molecule has 0 saturated heterocycles. The second-order valence-electron chi connectivity index (χ2n) is 5.54. The van der Waals surface area contributed by atoms with Crippen LogP contribution in [0, 0.1) is 12.3 Å². The highest BCUT2D eigenvalue weighted by molar-refractivity contribution is 7.92. The number of ether oxygens (including phenoxy) is 1. The second kappa shape index (κ2) is 5.42. The fourth-order valence-electron chi connectivity index (χ4n) is 3.09. The van der Waals surface area contributed by atoms with E-state index in [1.54, 1.807) is 19.1 Å². The molecule has 1 aromatic rings. The smallest absolute Gasteiger partial charge is 0.314 e. The fraction of sp³-hybridized carbons (Fsp3) is 0.533. The Hall–Kier alpha value is -1.40. The van der Waals surface area contributed by atoms with Crippen molar-refractivity contribution in [3.8, 4) is 0 Å². The van der Waals surface area contributed by atoms with E-state index in [0.717, 1.165) is 11.1 Å². The molecule has 1 aliphatic carbocycles. The van der Waals surface area contributed by atoms with Gasteiger partial charge in [0.15, 0.2) is 9.84 Å². The lowest BCUT2D eigenvalue weighted by Gasteiger charge is -2.11. The molecule has 1 N–H and O–H groups in total. The van der Waals surface area contributed by atoms with Gasteiger partial charge < -0.3 is 9.84 Å². The Kier molecular flexibility index (Phi) is 4.13. The van der Waals surface area contributed by atoms with Crippen LogP contribution in [0.4, 0.5) is 0 Å². The highest BCUT2D eigenvalue weighted by Gasteiger charge is 2.75. The average Bonchev–Trinajstić information content (AvgIpc) is 3.11. The Balaban J connectivity index is 2.51. The molecule has 21 heavy (non-hydrogen) atoms. The van der Waals surface area contributed by atoms with Crippen LogP contribution in [0.3, 0.4) is 0 Å². The summed E-state index contributed by atoms with van der Waals surface area (Å²) < 4.78 is 29.6. The number of carboxylic acids is 1. The van der Waals surface area contributed by atoms with Crippen molar-refractivity contribution in [1.29, 1.82) is 0 Å². The van der Waals surface area contributed by atoms with E-state index in [1.807, 2.05) is 19.1 Å². The molecule has 1 aromatic carbocycles. The summed E-state index contributed by atoms with van der Waals surface area (Å²) in [6.45, 7) is 3.36. The van der Waals surface area contributed by atoms with E-state index in [0.29, 0.717) is 0 Å². The summed E-state index contributed by atoms with van der Waals surface area (Å²) in [5.41, 5.74) is 0.405. The number of rotatable bonds is 6. The minimum Gasteiger partial charge on any atom is -0.481 e. The fourth-order valence-corrected chi connectivity index (χ4v) is 5.14. The molecule has 116 valence electrons. The van der Waals surface area contributed by atoms with Crippen LogP contribution in [-0.2, 0) is 19.4 Å². The van der Waals surface area contributed by atoms with E-state index < -0.39 is 32.4 Å². The molecule has 2 rings (SSSR count). The molecular formula is C15H20O5S. The van der Waals surface area contributed by atoms with Gasteiger partial charge in [-0.3, -0.25) is 4.79 Å². The summed E-state index contributed by atoms with van der Waals surface area (Å²) in [4.78, 5) is 11.8. The van der Waals surface area contributed by atoms with Crippen molar-refractivity contribution in [3.63, 3.8) is 0 Å². The van der Waals surface area contributed by atoms with Crippen LogP contribution in [-0.4, -0.2) is 44.2 Å². The Morgan fingerprint density at radius 3 is 2.33 bits per heavy atom. The molecule has 0 heterocycles. The molecule has 1 saturated carbocycles. The Bertz CT molecular complexity index is 635. The number of methoxy groups -OCH3 is 1. The van der Waals surface area contributed by atoms with Gasteiger partial charge >= 0.3 is 5.97 Å². The molecule has 0 unspecified atom stereocenters. The summed E-state index contributed by atoms with van der Waals surface area (Å²) in [5, 5.41) is 8.68. The summed E-state index contributed by atoms with van der Waals surface area (Å²) in [6, 6.07) is 7.34. The number of carbonyl (C=O) groups is 1. The quantitative estimate of drug-likeness (QED) is 0.863. The van der Waals surface area contributed by atoms with E-state index in [4.69, 9.17) is 4.74 Å². The zero-order chi connectivity index (χ0) is 15.8. The van der Waals surface area contributed by atoms with Crippen LogP contribution < -0.4 is 0 Å². The molecule has 0 bridgehead atoms. The van der Waals surface area contributed by atoms with Crippen molar-refractivity contribution in [2.45, 2.75) is 25.0 Å². The first kappa shape index (κ1) is 16.0. The Labute approximate surface area is 124 Å². The zero-order valence-corrected chi connectivity index (χ0v) is 13.2. The highest BCUT2D eigenvalue weighted by atomic mass is 32.2. The van der Waals surface area contributed by atoms with Crippen molar-refractivity contribution in [1.82, 2.24) is 0 Å². The standard InChI is InChI=1S/C15H20O5S/c1-4-21(18,19)13-12(11-7-5-10(2)6-8-11)15(13,9-20-3)14(16)17/h5-8,12-13H,4,9H2,1-3H3,(H,16,17)/t12-,13-,15+/m0/s1. The molecular weight excluding hydrogens is 292 g/mol. The number of aryl methyl sites for hydroxylation is 1. The number of sulfone groups is 1. The number of carboxylic acid groups (broad SMARTS) is 1. The molecule has 5 nitrogen and oxygen atoms in total. The maximum atomic E-state index is 12.3. The number of hydrogen-bond acceptors (Lipinski definition) is 4. The molecule has 0 aliphatic heterocycles. The summed E-state index contributed by atoms with van der Waals surface area (Å²) in [5.74, 6) is -1.74. The van der Waals surface area contributed by atoms with Gasteiger partial charge in [-0.25, -0.2) is 8.42 Å². The molecule has 6 heteroatoms. The van der Waals surface area contributed by atoms with Crippen LogP contribution in [0.2, 0.25) is 0 Å². The van der Waals surface area contributed by atoms with Crippen LogP contribution in [0.1, 0.15) is 24.0 Å². The number of hydrogen-bond donors (Lipinski definition) is 1. The van der Waals surface area contributed by atoms with Gasteiger partial charge in [-0.05, 0) is 12.5 Å². The van der Waals surface area contributed by atoms with Crippen LogP contribution >= 0.6 is 0 Å². The third-order valence-corrected chi connectivity index (χ3v) is 6.53. The molecule has 0 aromatic heterocycles. The average molecular weight is 312 g/mol. The lowest BCUT2D eigenvalue weighted by atomic mass is 9.99. The van der Waals surface area contributed by atoms with E-state index in [-0.39, 0.29) is 12.4 Å². The largest absolute Gasteiger partial charge is 0.481 e. The van der Waals surface area contributed by atoms with Crippen LogP contribution in [0.25, 0.3) is 0 Å². The highest BCUT2D eigenvalue weighted by Crippen LogP contribution is 2.63. The van der Waals surface area contributed by atoms with Gasteiger partial charge in [0, 0.05) is 18.8 Å². The topological polar surface area (TPSA) is 80.7 Å². The molecule has 0 amide bonds. The zero-order valence-electron chi connectivity index (χ0n) is 12.4. The Morgan fingerprint density at radius 2 is 1.90 bits per heavy atom. The second-order valence-corrected chi connectivity index (χ2v) is 7.95. The van der Waals surface area contributed by atoms with Crippen molar-refractivity contribution in [2.75, 3.05) is 19.5 Å². The van der Waals surface area contributed by atoms with Gasteiger partial charge in [-0.1, -0.05) is 36.8 Å². The molecule has 1 aliphatic rings. The van der Waals surface area contributed by atoms with E-state index in [1.165, 1.54) is 7.11 Å². The predicted molar refractivity (Wildman–Crippen MR) is 79.1 cm³/mol. The minimum absolute atomic E-state index is 0.0707. The summed E-state index contributed by atoms with van der Waals surface area (Å²) in [6.07, 6.45) is 0. The molecule has 0 spiro atoms. The van der Waals surface area contributed by atoms with Crippen molar-refractivity contribution in [3.05, 3.63) is 35.4 Å². The van der Waals surface area contributed by atoms with E-state index in [2.05, 4.69) is 0 Å². The first-order chi connectivity index (χ1) is 9.81. The van der Waals surface area contributed by atoms with Gasteiger partial charge in [-0.2, -0.15) is 0 Å². The van der Waals surface area contributed by atoms with Gasteiger partial charge in [-0.15, -0.1) is 0 Å². The lowest BCUT2D eigenvalue weighted by Crippen LogP contribution is -2.29. The first-order valence-corrected chi connectivity index (χ1v) is 8.53. The number of benzene rings is 1. The van der Waals surface area contributed by atoms with Crippen LogP contribution in [0.5, 0.6) is 0 Å². The first-order valence-electron chi connectivity index (χ1n) is 6.81. The van der Waals surface area contributed by atoms with Crippen LogP contribution in [0.15, 0.2) is 24.3 Å². The molecule has 0 radical (unpaired) electrons. The van der Waals surface area contributed by atoms with E-state index >= 15 is 0 Å². The summed E-state index contributed by atoms with van der Waals surface area (Å²) in [7, 11) is -2.07. The lowest BCUT2D eigenvalue weighted by molar-refractivity contribution is -0.145.